The van der Waals surface area contributed by atoms with Gasteiger partial charge in [-0.1, -0.05) is 22.9 Å². The minimum Gasteiger partial charge on any atom is -0.395 e. The molecule has 1 aromatic carbocycles. The van der Waals surface area contributed by atoms with Crippen molar-refractivity contribution in [3.05, 3.63) is 77.0 Å². The van der Waals surface area contributed by atoms with E-state index in [1.165, 1.54) is 0 Å². The number of aryl methyl sites for hydroxylation is 1. The average molecular weight is 547 g/mol. The van der Waals surface area contributed by atoms with Crippen LogP contribution in [0.15, 0.2) is 55.0 Å². The van der Waals surface area contributed by atoms with Gasteiger partial charge in [0.15, 0.2) is 0 Å². The van der Waals surface area contributed by atoms with Gasteiger partial charge in [0.2, 0.25) is 0 Å². The summed E-state index contributed by atoms with van der Waals surface area (Å²) in [7, 11) is 0. The first-order chi connectivity index (χ1) is 19.2. The lowest BCUT2D eigenvalue weighted by Crippen LogP contribution is -2.46. The molecule has 10 heteroatoms. The van der Waals surface area contributed by atoms with E-state index in [1.54, 1.807) is 12.4 Å². The van der Waals surface area contributed by atoms with Gasteiger partial charge in [-0.05, 0) is 60.9 Å². The number of hydrogen-bond donors (Lipinski definition) is 2. The summed E-state index contributed by atoms with van der Waals surface area (Å²) < 4.78 is 1.95. The van der Waals surface area contributed by atoms with E-state index in [-0.39, 0.29) is 6.61 Å². The van der Waals surface area contributed by atoms with Crippen molar-refractivity contribution in [2.24, 2.45) is 0 Å². The summed E-state index contributed by atoms with van der Waals surface area (Å²) >= 11 is 6.30. The monoisotopic (exact) mass is 546 g/mol. The van der Waals surface area contributed by atoms with Crippen molar-refractivity contribution in [2.75, 3.05) is 51.2 Å². The molecule has 0 amide bonds. The molecule has 0 radical (unpaired) electrons. The average Bonchev–Trinajstić information content (AvgIpc) is 3.40. The Hall–Kier alpha value is -3.37. The lowest BCUT2D eigenvalue weighted by atomic mass is 10.1. The number of unbranched alkanes of at least 4 members (excludes halogenated alkanes) is 1. The number of rotatable bonds is 12. The number of piperazine rings is 1. The lowest BCUT2D eigenvalue weighted by Gasteiger charge is -2.33. The van der Waals surface area contributed by atoms with Gasteiger partial charge in [0.1, 0.15) is 0 Å². The number of β-amino-alcohol motifs (C(OH)–C–C–N with tert-alkyl or cyclic N) is 1. The van der Waals surface area contributed by atoms with E-state index in [1.807, 2.05) is 47.2 Å². The molecule has 1 aliphatic rings. The van der Waals surface area contributed by atoms with Crippen LogP contribution in [-0.4, -0.2) is 85.7 Å². The quantitative estimate of drug-likeness (QED) is 0.257. The number of aromatic nitrogens is 5. The van der Waals surface area contributed by atoms with Crippen LogP contribution in [0.1, 0.15) is 29.8 Å². The van der Waals surface area contributed by atoms with Gasteiger partial charge in [-0.2, -0.15) is 0 Å². The Kier molecular flexibility index (Phi) is 9.50. The fourth-order valence-corrected chi connectivity index (χ4v) is 4.96. The Morgan fingerprint density at radius 2 is 1.77 bits per heavy atom. The van der Waals surface area contributed by atoms with E-state index in [9.17, 15) is 0 Å². The standard InChI is InChI=1S/C29H35ClN8O/c30-24-4-6-28-27(19-24)29(20-25(33-28)5-3-23-7-10-31-11-8-23)32-9-1-2-12-38-22-26(34-35-38)21-37-15-13-36(14-16-37)17-18-39/h3-8,10-11,19-20,22,39H,1-2,9,12-18,21H2,(H,32,33)/b5-3+. The van der Waals surface area contributed by atoms with Crippen molar-refractivity contribution < 1.29 is 5.11 Å². The predicted molar refractivity (Wildman–Crippen MR) is 156 cm³/mol. The highest BCUT2D eigenvalue weighted by Gasteiger charge is 2.17. The number of anilines is 1. The summed E-state index contributed by atoms with van der Waals surface area (Å²) in [6.07, 6.45) is 11.7. The Morgan fingerprint density at radius 1 is 0.949 bits per heavy atom. The first kappa shape index (κ1) is 27.2. The molecule has 0 atom stereocenters. The molecular weight excluding hydrogens is 512 g/mol. The zero-order valence-electron chi connectivity index (χ0n) is 22.1. The zero-order valence-corrected chi connectivity index (χ0v) is 22.8. The zero-order chi connectivity index (χ0) is 26.9. The summed E-state index contributed by atoms with van der Waals surface area (Å²) in [5.41, 5.74) is 4.91. The molecule has 4 heterocycles. The number of aliphatic hydroxyl groups is 1. The van der Waals surface area contributed by atoms with Gasteiger partial charge in [0.05, 0.1) is 23.5 Å². The maximum absolute atomic E-state index is 9.11. The number of fused-ring (bicyclic) bond motifs is 1. The third-order valence-electron chi connectivity index (χ3n) is 6.93. The molecule has 2 N–H and O–H groups in total. The summed E-state index contributed by atoms with van der Waals surface area (Å²) in [4.78, 5) is 13.6. The summed E-state index contributed by atoms with van der Waals surface area (Å²) in [5.74, 6) is 0. The number of aliphatic hydroxyl groups excluding tert-OH is 1. The molecule has 0 unspecified atom stereocenters. The van der Waals surface area contributed by atoms with Crippen LogP contribution in [0.2, 0.25) is 5.02 Å². The minimum absolute atomic E-state index is 0.225. The minimum atomic E-state index is 0.225. The van der Waals surface area contributed by atoms with E-state index in [4.69, 9.17) is 21.7 Å². The second kappa shape index (κ2) is 13.6. The maximum Gasteiger partial charge on any atom is 0.0967 e. The first-order valence-electron chi connectivity index (χ1n) is 13.5. The molecule has 39 heavy (non-hydrogen) atoms. The van der Waals surface area contributed by atoms with E-state index in [2.05, 4.69) is 42.7 Å². The molecule has 5 rings (SSSR count). The highest BCUT2D eigenvalue weighted by Crippen LogP contribution is 2.27. The fraction of sp³-hybridized carbons (Fsp3) is 0.379. The highest BCUT2D eigenvalue weighted by atomic mass is 35.5. The Balaban J connectivity index is 1.12. The molecular formula is C29H35ClN8O. The van der Waals surface area contributed by atoms with Crippen molar-refractivity contribution in [2.45, 2.75) is 25.9 Å². The van der Waals surface area contributed by atoms with Crippen LogP contribution < -0.4 is 5.32 Å². The molecule has 1 saturated heterocycles. The lowest BCUT2D eigenvalue weighted by molar-refractivity contribution is 0.107. The van der Waals surface area contributed by atoms with Crippen LogP contribution in [0.4, 0.5) is 5.69 Å². The third kappa shape index (κ3) is 7.83. The molecule has 4 aromatic rings. The second-order valence-electron chi connectivity index (χ2n) is 9.82. The van der Waals surface area contributed by atoms with E-state index >= 15 is 0 Å². The largest absolute Gasteiger partial charge is 0.395 e. The van der Waals surface area contributed by atoms with Crippen LogP contribution in [-0.2, 0) is 13.1 Å². The number of pyridine rings is 2. The van der Waals surface area contributed by atoms with E-state index in [0.29, 0.717) is 5.02 Å². The molecule has 3 aromatic heterocycles. The van der Waals surface area contributed by atoms with Crippen molar-refractivity contribution in [1.29, 1.82) is 0 Å². The van der Waals surface area contributed by atoms with Crippen LogP contribution >= 0.6 is 11.6 Å². The van der Waals surface area contributed by atoms with Gasteiger partial charge < -0.3 is 10.4 Å². The molecule has 0 bridgehead atoms. The number of nitrogens with one attached hydrogen (secondary N) is 1. The summed E-state index contributed by atoms with van der Waals surface area (Å²) in [5, 5.41) is 23.1. The maximum atomic E-state index is 9.11. The summed E-state index contributed by atoms with van der Waals surface area (Å²) in [6.45, 7) is 7.44. The normalized spacial score (nSPS) is 14.9. The van der Waals surface area contributed by atoms with E-state index < -0.39 is 0 Å². The highest BCUT2D eigenvalue weighted by molar-refractivity contribution is 6.31. The molecule has 1 aliphatic heterocycles. The Labute approximate surface area is 234 Å². The van der Waals surface area contributed by atoms with Crippen LogP contribution in [0.3, 0.4) is 0 Å². The topological polar surface area (TPSA) is 95.2 Å². The molecule has 1 fully saturated rings. The van der Waals surface area contributed by atoms with Crippen molar-refractivity contribution in [1.82, 2.24) is 34.8 Å². The van der Waals surface area contributed by atoms with Gasteiger partial charge >= 0.3 is 0 Å². The van der Waals surface area contributed by atoms with Gasteiger partial charge in [0.25, 0.3) is 0 Å². The molecule has 0 aliphatic carbocycles. The Morgan fingerprint density at radius 3 is 2.59 bits per heavy atom. The molecule has 204 valence electrons. The number of nitrogens with zero attached hydrogens (tertiary/aromatic N) is 7. The molecule has 0 spiro atoms. The van der Waals surface area contributed by atoms with Crippen LogP contribution in [0.5, 0.6) is 0 Å². The van der Waals surface area contributed by atoms with Gasteiger partial charge in [-0.15, -0.1) is 5.10 Å². The second-order valence-corrected chi connectivity index (χ2v) is 10.3. The Bertz CT molecular complexity index is 1370. The van der Waals surface area contributed by atoms with Crippen molar-refractivity contribution in [3.8, 4) is 0 Å². The molecule has 9 nitrogen and oxygen atoms in total. The van der Waals surface area contributed by atoms with Gasteiger partial charge in [-0.3, -0.25) is 19.5 Å². The summed E-state index contributed by atoms with van der Waals surface area (Å²) in [6, 6.07) is 11.8. The fourth-order valence-electron chi connectivity index (χ4n) is 4.79. The SMILES string of the molecule is OCCN1CCN(Cc2cn(CCCCNc3cc(/C=C/c4ccncc4)nc4ccc(Cl)cc34)nn2)CC1. The molecule has 0 saturated carbocycles. The predicted octanol–water partition coefficient (Wildman–Crippen LogP) is 4.05. The number of hydrogen-bond acceptors (Lipinski definition) is 8. The van der Waals surface area contributed by atoms with Crippen molar-refractivity contribution >= 4 is 40.3 Å². The number of benzene rings is 1. The van der Waals surface area contributed by atoms with Crippen LogP contribution in [0, 0.1) is 0 Å². The third-order valence-corrected chi connectivity index (χ3v) is 7.16. The van der Waals surface area contributed by atoms with Gasteiger partial charge in [-0.25, -0.2) is 4.98 Å². The van der Waals surface area contributed by atoms with Crippen LogP contribution in [0.25, 0.3) is 23.1 Å². The van der Waals surface area contributed by atoms with Crippen molar-refractivity contribution in [3.63, 3.8) is 0 Å². The number of halogens is 1. The smallest absolute Gasteiger partial charge is 0.0967 e. The van der Waals surface area contributed by atoms with Gasteiger partial charge in [0, 0.05) is 87.0 Å². The first-order valence-corrected chi connectivity index (χ1v) is 13.9. The van der Waals surface area contributed by atoms with E-state index in [0.717, 1.165) is 98.7 Å².